The van der Waals surface area contributed by atoms with E-state index in [9.17, 15) is 13.7 Å². The van der Waals surface area contributed by atoms with Gasteiger partial charge in [0.2, 0.25) is 16.0 Å². The standard InChI is InChI=1S/C21H25BrN6O2S/c22-16-5-7-19(8-6-16)31(29,30)28-11-9-18(10-12-28)26-21-24-14-15(13-23)20(27-21)25-17-3-1-2-4-17/h5-8,14,17-18H,1-4,9-12H2,(H2,24,25,26,27). The highest BCUT2D eigenvalue weighted by Gasteiger charge is 2.29. The number of sulfonamides is 1. The zero-order valence-corrected chi connectivity index (χ0v) is 19.5. The van der Waals surface area contributed by atoms with Crippen molar-refractivity contribution in [2.75, 3.05) is 23.7 Å². The van der Waals surface area contributed by atoms with Crippen molar-refractivity contribution in [2.45, 2.75) is 55.5 Å². The monoisotopic (exact) mass is 504 g/mol. The van der Waals surface area contributed by atoms with Crippen LogP contribution >= 0.6 is 15.9 Å². The molecule has 0 atom stereocenters. The summed E-state index contributed by atoms with van der Waals surface area (Å²) in [5.41, 5.74) is 0.438. The summed E-state index contributed by atoms with van der Waals surface area (Å²) >= 11 is 3.33. The van der Waals surface area contributed by atoms with Gasteiger partial charge in [0.05, 0.1) is 11.1 Å². The van der Waals surface area contributed by atoms with Gasteiger partial charge in [-0.2, -0.15) is 14.6 Å². The molecule has 0 spiro atoms. The quantitative estimate of drug-likeness (QED) is 0.616. The second kappa shape index (κ2) is 9.51. The number of halogens is 1. The summed E-state index contributed by atoms with van der Waals surface area (Å²) in [5, 5.41) is 16.1. The molecule has 0 radical (unpaired) electrons. The van der Waals surface area contributed by atoms with Gasteiger partial charge in [0.15, 0.2) is 0 Å². The Morgan fingerprint density at radius 2 is 1.68 bits per heavy atom. The van der Waals surface area contributed by atoms with Gasteiger partial charge in [-0.1, -0.05) is 28.8 Å². The van der Waals surface area contributed by atoms with E-state index in [4.69, 9.17) is 0 Å². The van der Waals surface area contributed by atoms with E-state index in [1.165, 1.54) is 17.1 Å². The van der Waals surface area contributed by atoms with Crippen LogP contribution in [0, 0.1) is 11.3 Å². The molecule has 1 aromatic carbocycles. The molecule has 1 saturated carbocycles. The number of rotatable bonds is 6. The van der Waals surface area contributed by atoms with Crippen LogP contribution in [-0.2, 0) is 10.0 Å². The first-order valence-corrected chi connectivity index (χ1v) is 12.7. The van der Waals surface area contributed by atoms with E-state index in [0.29, 0.717) is 54.2 Å². The van der Waals surface area contributed by atoms with Gasteiger partial charge in [-0.15, -0.1) is 0 Å². The first kappa shape index (κ1) is 22.0. The van der Waals surface area contributed by atoms with Crippen LogP contribution in [0.3, 0.4) is 0 Å². The second-order valence-electron chi connectivity index (χ2n) is 7.97. The summed E-state index contributed by atoms with van der Waals surface area (Å²) in [6, 6.07) is 9.28. The second-order valence-corrected chi connectivity index (χ2v) is 10.8. The van der Waals surface area contributed by atoms with Crippen molar-refractivity contribution in [3.63, 3.8) is 0 Å². The Morgan fingerprint density at radius 3 is 2.32 bits per heavy atom. The van der Waals surface area contributed by atoms with Crippen LogP contribution in [0.25, 0.3) is 0 Å². The maximum atomic E-state index is 12.9. The van der Waals surface area contributed by atoms with Crippen LogP contribution in [0.15, 0.2) is 39.8 Å². The zero-order chi connectivity index (χ0) is 21.8. The third-order valence-corrected chi connectivity index (χ3v) is 8.29. The fraction of sp³-hybridized carbons (Fsp3) is 0.476. The molecule has 31 heavy (non-hydrogen) atoms. The van der Waals surface area contributed by atoms with E-state index < -0.39 is 10.0 Å². The fourth-order valence-electron chi connectivity index (χ4n) is 4.09. The molecule has 164 valence electrons. The Morgan fingerprint density at radius 1 is 1.03 bits per heavy atom. The van der Waals surface area contributed by atoms with E-state index in [-0.39, 0.29) is 6.04 Å². The number of hydrogen-bond acceptors (Lipinski definition) is 7. The molecule has 2 N–H and O–H groups in total. The van der Waals surface area contributed by atoms with Crippen molar-refractivity contribution in [1.29, 1.82) is 5.26 Å². The number of nitriles is 1. The highest BCUT2D eigenvalue weighted by Crippen LogP contribution is 2.25. The van der Waals surface area contributed by atoms with Crippen molar-refractivity contribution in [3.8, 4) is 6.07 Å². The van der Waals surface area contributed by atoms with Gasteiger partial charge in [-0.3, -0.25) is 0 Å². The van der Waals surface area contributed by atoms with Crippen molar-refractivity contribution in [1.82, 2.24) is 14.3 Å². The summed E-state index contributed by atoms with van der Waals surface area (Å²) in [5.74, 6) is 1.04. The maximum Gasteiger partial charge on any atom is 0.243 e. The average Bonchev–Trinajstić information content (AvgIpc) is 3.28. The number of benzene rings is 1. The summed E-state index contributed by atoms with van der Waals surface area (Å²) in [7, 11) is -3.50. The molecule has 1 aliphatic carbocycles. The van der Waals surface area contributed by atoms with Gasteiger partial charge >= 0.3 is 0 Å². The van der Waals surface area contributed by atoms with Crippen LogP contribution < -0.4 is 10.6 Å². The predicted octanol–water partition coefficient (Wildman–Crippen LogP) is 3.73. The SMILES string of the molecule is N#Cc1cnc(NC2CCN(S(=O)(=O)c3ccc(Br)cc3)CC2)nc1NC1CCCC1. The molecule has 2 aromatic rings. The lowest BCUT2D eigenvalue weighted by atomic mass is 10.1. The number of nitrogens with one attached hydrogen (secondary N) is 2. The molecule has 2 aliphatic rings. The summed E-state index contributed by atoms with van der Waals surface area (Å²) in [4.78, 5) is 9.12. The topological polar surface area (TPSA) is 111 Å². The predicted molar refractivity (Wildman–Crippen MR) is 122 cm³/mol. The Hall–Kier alpha value is -2.22. The molecule has 0 bridgehead atoms. The number of anilines is 2. The highest BCUT2D eigenvalue weighted by molar-refractivity contribution is 9.10. The average molecular weight is 505 g/mol. The van der Waals surface area contributed by atoms with E-state index in [0.717, 1.165) is 17.3 Å². The lowest BCUT2D eigenvalue weighted by Gasteiger charge is -2.31. The largest absolute Gasteiger partial charge is 0.366 e. The van der Waals surface area contributed by atoms with Gasteiger partial charge in [-0.05, 0) is 49.9 Å². The lowest BCUT2D eigenvalue weighted by molar-refractivity contribution is 0.329. The molecule has 1 aliphatic heterocycles. The van der Waals surface area contributed by atoms with Crippen molar-refractivity contribution in [3.05, 3.63) is 40.5 Å². The Kier molecular flexibility index (Phi) is 6.74. The van der Waals surface area contributed by atoms with E-state index >= 15 is 0 Å². The minimum Gasteiger partial charge on any atom is -0.366 e. The molecule has 0 amide bonds. The third kappa shape index (κ3) is 5.17. The normalized spacial score (nSPS) is 18.6. The Labute approximate surface area is 191 Å². The third-order valence-electron chi connectivity index (χ3n) is 5.84. The van der Waals surface area contributed by atoms with Gasteiger partial charge in [-0.25, -0.2) is 13.4 Å². The van der Waals surface area contributed by atoms with E-state index in [2.05, 4.69) is 42.6 Å². The van der Waals surface area contributed by atoms with Crippen molar-refractivity contribution in [2.24, 2.45) is 0 Å². The first-order chi connectivity index (χ1) is 15.0. The van der Waals surface area contributed by atoms with E-state index in [1.54, 1.807) is 30.5 Å². The molecule has 2 heterocycles. The Bertz CT molecular complexity index is 1060. The van der Waals surface area contributed by atoms with Crippen LogP contribution in [0.5, 0.6) is 0 Å². The number of nitrogens with zero attached hydrogens (tertiary/aromatic N) is 4. The molecule has 1 saturated heterocycles. The van der Waals surface area contributed by atoms with Gasteiger partial charge in [0.1, 0.15) is 17.5 Å². The molecule has 1 aromatic heterocycles. The molecular formula is C21H25BrN6O2S. The number of piperidine rings is 1. The minimum absolute atomic E-state index is 0.0728. The molecule has 10 heteroatoms. The van der Waals surface area contributed by atoms with Crippen molar-refractivity contribution < 1.29 is 8.42 Å². The van der Waals surface area contributed by atoms with Crippen LogP contribution in [0.4, 0.5) is 11.8 Å². The fourth-order valence-corrected chi connectivity index (χ4v) is 5.82. The summed E-state index contributed by atoms with van der Waals surface area (Å²) in [6.45, 7) is 0.860. The number of aromatic nitrogens is 2. The zero-order valence-electron chi connectivity index (χ0n) is 17.1. The lowest BCUT2D eigenvalue weighted by Crippen LogP contribution is -2.42. The molecule has 0 unspecified atom stereocenters. The molecular weight excluding hydrogens is 480 g/mol. The van der Waals surface area contributed by atoms with Gasteiger partial charge < -0.3 is 10.6 Å². The Balaban J connectivity index is 1.38. The molecule has 8 nitrogen and oxygen atoms in total. The maximum absolute atomic E-state index is 12.9. The highest BCUT2D eigenvalue weighted by atomic mass is 79.9. The number of hydrogen-bond donors (Lipinski definition) is 2. The first-order valence-electron chi connectivity index (χ1n) is 10.5. The van der Waals surface area contributed by atoms with E-state index in [1.807, 2.05) is 0 Å². The molecule has 4 rings (SSSR count). The van der Waals surface area contributed by atoms with Gasteiger partial charge in [0, 0.05) is 29.6 Å². The summed E-state index contributed by atoms with van der Waals surface area (Å²) < 4.78 is 28.1. The van der Waals surface area contributed by atoms with Gasteiger partial charge in [0.25, 0.3) is 0 Å². The minimum atomic E-state index is -3.50. The van der Waals surface area contributed by atoms with Crippen LogP contribution in [0.2, 0.25) is 0 Å². The molecule has 2 fully saturated rings. The van der Waals surface area contributed by atoms with Crippen molar-refractivity contribution >= 4 is 37.7 Å². The van der Waals surface area contributed by atoms with Crippen LogP contribution in [0.1, 0.15) is 44.1 Å². The smallest absolute Gasteiger partial charge is 0.243 e. The van der Waals surface area contributed by atoms with Crippen LogP contribution in [-0.4, -0.2) is 47.9 Å². The summed E-state index contributed by atoms with van der Waals surface area (Å²) in [6.07, 6.45) is 7.41.